The summed E-state index contributed by atoms with van der Waals surface area (Å²) in [7, 11) is 0. The Kier molecular flexibility index (Phi) is 6.56. The van der Waals surface area contributed by atoms with Crippen molar-refractivity contribution in [2.45, 2.75) is 19.8 Å². The molecule has 0 saturated heterocycles. The van der Waals surface area contributed by atoms with E-state index < -0.39 is 17.8 Å². The lowest BCUT2D eigenvalue weighted by atomic mass is 10.2. The number of rotatable bonds is 7. The molecule has 29 heavy (non-hydrogen) atoms. The van der Waals surface area contributed by atoms with Crippen LogP contribution < -0.4 is 10.2 Å². The third-order valence-corrected chi connectivity index (χ3v) is 4.84. The fourth-order valence-electron chi connectivity index (χ4n) is 2.66. The van der Waals surface area contributed by atoms with Gasteiger partial charge in [-0.3, -0.25) is 9.59 Å². The van der Waals surface area contributed by atoms with Crippen molar-refractivity contribution in [1.82, 2.24) is 0 Å². The number of anilines is 2. The van der Waals surface area contributed by atoms with Crippen molar-refractivity contribution in [2.24, 2.45) is 0 Å². The molecule has 3 rings (SSSR count). The van der Waals surface area contributed by atoms with Gasteiger partial charge in [-0.05, 0) is 55.0 Å². The molecule has 0 atom stereocenters. The normalized spacial score (nSPS) is 13.8. The van der Waals surface area contributed by atoms with Gasteiger partial charge in [0.05, 0.1) is 17.9 Å². The van der Waals surface area contributed by atoms with Gasteiger partial charge >= 0.3 is 5.97 Å². The minimum absolute atomic E-state index is 0.0259. The van der Waals surface area contributed by atoms with E-state index in [1.807, 2.05) is 6.92 Å². The summed E-state index contributed by atoms with van der Waals surface area (Å²) in [6.07, 6.45) is 1.71. The zero-order chi connectivity index (χ0) is 21.0. The Morgan fingerprint density at radius 2 is 1.66 bits per heavy atom. The number of carbonyl (C=O) groups excluding carboxylic acids is 3. The van der Waals surface area contributed by atoms with E-state index in [1.165, 1.54) is 24.3 Å². The quantitative estimate of drug-likeness (QED) is 0.388. The predicted molar refractivity (Wildman–Crippen MR) is 112 cm³/mol. The Balaban J connectivity index is 1.75. The average molecular weight is 433 g/mol. The molecule has 8 heteroatoms. The molecule has 0 unspecified atom stereocenters. The Labute approximate surface area is 178 Å². The smallest absolute Gasteiger partial charge is 0.338 e. The second kappa shape index (κ2) is 9.11. The monoisotopic (exact) mass is 432 g/mol. The topological polar surface area (TPSA) is 75.7 Å². The van der Waals surface area contributed by atoms with E-state index >= 15 is 0 Å². The highest BCUT2D eigenvalue weighted by Gasteiger charge is 2.39. The van der Waals surface area contributed by atoms with Gasteiger partial charge in [-0.15, -0.1) is 0 Å². The van der Waals surface area contributed by atoms with Gasteiger partial charge in [0.1, 0.15) is 10.7 Å². The third-order valence-electron chi connectivity index (χ3n) is 4.23. The Morgan fingerprint density at radius 3 is 2.28 bits per heavy atom. The number of hydrogen-bond acceptors (Lipinski definition) is 5. The summed E-state index contributed by atoms with van der Waals surface area (Å²) in [4.78, 5) is 38.2. The number of hydrogen-bond donors (Lipinski definition) is 1. The number of nitrogens with one attached hydrogen (secondary N) is 1. The van der Waals surface area contributed by atoms with E-state index in [4.69, 9.17) is 27.9 Å². The number of imide groups is 1. The first-order chi connectivity index (χ1) is 13.9. The highest BCUT2D eigenvalue weighted by atomic mass is 35.5. The van der Waals surface area contributed by atoms with Crippen LogP contribution in [0.3, 0.4) is 0 Å². The van der Waals surface area contributed by atoms with Crippen molar-refractivity contribution in [3.63, 3.8) is 0 Å². The van der Waals surface area contributed by atoms with Gasteiger partial charge in [-0.1, -0.05) is 36.5 Å². The molecule has 1 aliphatic rings. The number of benzene rings is 2. The summed E-state index contributed by atoms with van der Waals surface area (Å²) in [5, 5.41) is 3.19. The molecule has 2 aromatic rings. The Hall–Kier alpha value is -2.83. The molecule has 0 aromatic heterocycles. The number of carbonyl (C=O) groups is 3. The molecule has 0 saturated carbocycles. The van der Waals surface area contributed by atoms with Crippen LogP contribution in [-0.4, -0.2) is 24.4 Å². The van der Waals surface area contributed by atoms with E-state index in [9.17, 15) is 14.4 Å². The minimum atomic E-state index is -0.647. The van der Waals surface area contributed by atoms with Gasteiger partial charge in [0.25, 0.3) is 11.8 Å². The summed E-state index contributed by atoms with van der Waals surface area (Å²) < 4.78 is 5.15. The minimum Gasteiger partial charge on any atom is -0.462 e. The van der Waals surface area contributed by atoms with E-state index in [1.54, 1.807) is 24.3 Å². The van der Waals surface area contributed by atoms with Crippen LogP contribution in [-0.2, 0) is 14.3 Å². The van der Waals surface area contributed by atoms with Crippen molar-refractivity contribution in [2.75, 3.05) is 16.8 Å². The van der Waals surface area contributed by atoms with Gasteiger partial charge in [0.2, 0.25) is 0 Å². The van der Waals surface area contributed by atoms with Crippen LogP contribution in [0.15, 0.2) is 59.3 Å². The Morgan fingerprint density at radius 1 is 1.00 bits per heavy atom. The van der Waals surface area contributed by atoms with Gasteiger partial charge in [-0.2, -0.15) is 0 Å². The van der Waals surface area contributed by atoms with E-state index in [-0.39, 0.29) is 10.7 Å². The number of amides is 2. The summed E-state index contributed by atoms with van der Waals surface area (Å²) in [6, 6.07) is 12.6. The van der Waals surface area contributed by atoms with Crippen LogP contribution in [0.25, 0.3) is 0 Å². The zero-order valence-corrected chi connectivity index (χ0v) is 17.1. The summed E-state index contributed by atoms with van der Waals surface area (Å²) in [6.45, 7) is 2.35. The first-order valence-corrected chi connectivity index (χ1v) is 9.76. The van der Waals surface area contributed by atoms with Crippen molar-refractivity contribution < 1.29 is 19.1 Å². The fraction of sp³-hybridized carbons (Fsp3) is 0.190. The van der Waals surface area contributed by atoms with Gasteiger partial charge < -0.3 is 10.1 Å². The number of ether oxygens (including phenoxy) is 1. The van der Waals surface area contributed by atoms with Gasteiger partial charge in [0, 0.05) is 10.7 Å². The highest BCUT2D eigenvalue weighted by Crippen LogP contribution is 2.30. The van der Waals surface area contributed by atoms with Crippen molar-refractivity contribution in [3.8, 4) is 0 Å². The molecular weight excluding hydrogens is 415 g/mol. The van der Waals surface area contributed by atoms with Crippen molar-refractivity contribution in [1.29, 1.82) is 0 Å². The summed E-state index contributed by atoms with van der Waals surface area (Å²) in [5.41, 5.74) is 1.18. The van der Waals surface area contributed by atoms with Crippen molar-refractivity contribution >= 4 is 52.4 Å². The zero-order valence-electron chi connectivity index (χ0n) is 15.6. The maximum atomic E-state index is 12.8. The van der Waals surface area contributed by atoms with Crippen molar-refractivity contribution in [3.05, 3.63) is 69.8 Å². The number of unbranched alkanes of at least 4 members (excludes halogenated alkanes) is 1. The highest BCUT2D eigenvalue weighted by molar-refractivity contribution is 6.53. The lowest BCUT2D eigenvalue weighted by Crippen LogP contribution is -2.32. The molecule has 0 spiro atoms. The van der Waals surface area contributed by atoms with Crippen LogP contribution in [0.4, 0.5) is 11.4 Å². The van der Waals surface area contributed by atoms with Crippen LogP contribution >= 0.6 is 23.2 Å². The SMILES string of the molecule is CCCCOC(=O)c1ccc(N2C(=O)C(Cl)=C(Nc3ccc(Cl)cc3)C2=O)cc1. The molecule has 0 aliphatic carbocycles. The van der Waals surface area contributed by atoms with E-state index in [0.717, 1.165) is 17.7 Å². The average Bonchev–Trinajstić information content (AvgIpc) is 2.93. The first-order valence-electron chi connectivity index (χ1n) is 9.00. The molecule has 0 bridgehead atoms. The number of halogens is 2. The van der Waals surface area contributed by atoms with Crippen LogP contribution in [0.2, 0.25) is 5.02 Å². The maximum absolute atomic E-state index is 12.8. The number of esters is 1. The first kappa shape index (κ1) is 20.9. The molecule has 1 N–H and O–H groups in total. The molecule has 0 fully saturated rings. The molecule has 2 aromatic carbocycles. The molecule has 2 amide bonds. The lowest BCUT2D eigenvalue weighted by Gasteiger charge is -2.15. The summed E-state index contributed by atoms with van der Waals surface area (Å²) >= 11 is 12.0. The van der Waals surface area contributed by atoms with E-state index in [0.29, 0.717) is 28.6 Å². The molecule has 6 nitrogen and oxygen atoms in total. The fourth-order valence-corrected chi connectivity index (χ4v) is 3.00. The molecule has 150 valence electrons. The standard InChI is InChI=1S/C21H18Cl2N2O4/c1-2-3-12-29-21(28)13-4-10-16(11-5-13)25-19(26)17(23)18(20(25)27)24-15-8-6-14(22)7-9-15/h4-11,24H,2-3,12H2,1H3. The lowest BCUT2D eigenvalue weighted by molar-refractivity contribution is -0.120. The molecule has 0 radical (unpaired) electrons. The van der Waals surface area contributed by atoms with Crippen LogP contribution in [0.1, 0.15) is 30.1 Å². The Bertz CT molecular complexity index is 969. The maximum Gasteiger partial charge on any atom is 0.338 e. The number of nitrogens with zero attached hydrogens (tertiary/aromatic N) is 1. The van der Waals surface area contributed by atoms with E-state index in [2.05, 4.69) is 5.32 Å². The van der Waals surface area contributed by atoms with Crippen LogP contribution in [0, 0.1) is 0 Å². The third kappa shape index (κ3) is 4.60. The van der Waals surface area contributed by atoms with Crippen LogP contribution in [0.5, 0.6) is 0 Å². The largest absolute Gasteiger partial charge is 0.462 e. The second-order valence-electron chi connectivity index (χ2n) is 6.30. The molecule has 1 aliphatic heterocycles. The molecular formula is C21H18Cl2N2O4. The second-order valence-corrected chi connectivity index (χ2v) is 7.12. The van der Waals surface area contributed by atoms with Gasteiger partial charge in [0.15, 0.2) is 0 Å². The predicted octanol–water partition coefficient (Wildman–Crippen LogP) is 4.73. The summed E-state index contributed by atoms with van der Waals surface area (Å²) in [5.74, 6) is -1.69. The van der Waals surface area contributed by atoms with Gasteiger partial charge in [-0.25, -0.2) is 9.69 Å². The molecule has 1 heterocycles.